The summed E-state index contributed by atoms with van der Waals surface area (Å²) in [4.78, 5) is 37.6. The molecule has 0 saturated heterocycles. The Morgan fingerprint density at radius 1 is 1.32 bits per heavy atom. The molecule has 2 amide bonds. The Morgan fingerprint density at radius 3 is 2.72 bits per heavy atom. The molecule has 0 aliphatic carbocycles. The first-order valence-electron chi connectivity index (χ1n) is 7.30. The van der Waals surface area contributed by atoms with Gasteiger partial charge in [0.15, 0.2) is 23.3 Å². The molecule has 1 aliphatic rings. The van der Waals surface area contributed by atoms with Gasteiger partial charge in [-0.05, 0) is 42.5 Å². The molecule has 0 aromatic heterocycles. The number of carbonyl (C=O) groups is 3. The van der Waals surface area contributed by atoms with Crippen LogP contribution in [0.4, 0.5) is 0 Å². The molecule has 0 fully saturated rings. The first-order chi connectivity index (χ1) is 11.9. The number of nitrogens with one attached hydrogen (secondary N) is 1. The number of carboxylic acids is 1. The molecule has 1 aliphatic heterocycles. The van der Waals surface area contributed by atoms with Crippen molar-refractivity contribution < 1.29 is 29.0 Å². The highest BCUT2D eigenvalue weighted by Gasteiger charge is 2.22. The average Bonchev–Trinajstić information content (AvgIpc) is 2.85. The van der Waals surface area contributed by atoms with E-state index in [-0.39, 0.29) is 11.1 Å². The summed E-state index contributed by atoms with van der Waals surface area (Å²) in [5, 5.41) is 11.4. The third-order valence-corrected chi connectivity index (χ3v) is 3.72. The summed E-state index contributed by atoms with van der Waals surface area (Å²) >= 11 is 1.06. The fourth-order valence-electron chi connectivity index (χ4n) is 1.91. The van der Waals surface area contributed by atoms with Crippen LogP contribution in [-0.2, 0) is 14.4 Å². The number of thioether (sulfide) groups is 1. The minimum absolute atomic E-state index is 0.232. The molecular formula is C16H16N2O6S. The SMILES string of the molecule is CCOc1cc(C=C2SC(NC(C)=O)=NC2=O)ccc1OCC(=O)O. The lowest BCUT2D eigenvalue weighted by molar-refractivity contribution is -0.139. The van der Waals surface area contributed by atoms with Gasteiger partial charge in [-0.2, -0.15) is 4.99 Å². The van der Waals surface area contributed by atoms with Gasteiger partial charge >= 0.3 is 5.97 Å². The topological polar surface area (TPSA) is 114 Å². The Balaban J connectivity index is 2.19. The smallest absolute Gasteiger partial charge is 0.341 e. The number of carbonyl (C=O) groups excluding carboxylic acids is 2. The van der Waals surface area contributed by atoms with E-state index in [4.69, 9.17) is 14.6 Å². The zero-order valence-electron chi connectivity index (χ0n) is 13.6. The summed E-state index contributed by atoms with van der Waals surface area (Å²) < 4.78 is 10.6. The van der Waals surface area contributed by atoms with Gasteiger partial charge in [0.1, 0.15) is 0 Å². The van der Waals surface area contributed by atoms with Gasteiger partial charge < -0.3 is 19.9 Å². The number of hydrogen-bond donors (Lipinski definition) is 2. The molecule has 0 saturated carbocycles. The average molecular weight is 364 g/mol. The standard InChI is InChI=1S/C16H16N2O6S/c1-3-23-12-6-10(4-5-11(12)24-8-14(20)21)7-13-15(22)18-16(25-13)17-9(2)19/h4-7H,3,8H2,1-2H3,(H,20,21)(H,17,18,19,22). The molecule has 132 valence electrons. The van der Waals surface area contributed by atoms with Gasteiger partial charge in [0.05, 0.1) is 11.5 Å². The van der Waals surface area contributed by atoms with Crippen LogP contribution in [-0.4, -0.2) is 41.3 Å². The number of aliphatic carboxylic acids is 1. The number of amidine groups is 1. The van der Waals surface area contributed by atoms with Crippen molar-refractivity contribution in [2.45, 2.75) is 13.8 Å². The summed E-state index contributed by atoms with van der Waals surface area (Å²) in [6, 6.07) is 4.87. The maximum absolute atomic E-state index is 11.9. The Morgan fingerprint density at radius 2 is 2.08 bits per heavy atom. The number of aliphatic imine (C=N–C) groups is 1. The summed E-state index contributed by atoms with van der Waals surface area (Å²) in [6.07, 6.45) is 1.61. The van der Waals surface area contributed by atoms with Gasteiger partial charge in [0.25, 0.3) is 5.91 Å². The van der Waals surface area contributed by atoms with Crippen molar-refractivity contribution in [1.29, 1.82) is 0 Å². The fourth-order valence-corrected chi connectivity index (χ4v) is 2.77. The number of nitrogens with zero attached hydrogens (tertiary/aromatic N) is 1. The Bertz CT molecular complexity index is 772. The quantitative estimate of drug-likeness (QED) is 0.738. The second-order valence-electron chi connectivity index (χ2n) is 4.84. The molecule has 0 radical (unpaired) electrons. The van der Waals surface area contributed by atoms with Crippen LogP contribution in [0.5, 0.6) is 11.5 Å². The highest BCUT2D eigenvalue weighted by atomic mass is 32.2. The zero-order valence-corrected chi connectivity index (χ0v) is 14.4. The number of hydrogen-bond acceptors (Lipinski definition) is 6. The second kappa shape index (κ2) is 8.34. The molecule has 0 unspecified atom stereocenters. The largest absolute Gasteiger partial charge is 0.490 e. The molecule has 9 heteroatoms. The lowest BCUT2D eigenvalue weighted by atomic mass is 10.2. The number of amides is 2. The van der Waals surface area contributed by atoms with E-state index in [1.54, 1.807) is 31.2 Å². The van der Waals surface area contributed by atoms with E-state index in [1.165, 1.54) is 6.92 Å². The highest BCUT2D eigenvalue weighted by Crippen LogP contribution is 2.32. The van der Waals surface area contributed by atoms with Gasteiger partial charge in [-0.3, -0.25) is 9.59 Å². The Kier molecular flexibility index (Phi) is 6.18. The Hall–Kier alpha value is -2.81. The van der Waals surface area contributed by atoms with E-state index in [0.29, 0.717) is 28.6 Å². The predicted octanol–water partition coefficient (Wildman–Crippen LogP) is 1.66. The number of benzene rings is 1. The number of ether oxygens (including phenoxy) is 2. The molecule has 1 heterocycles. The van der Waals surface area contributed by atoms with Gasteiger partial charge in [0.2, 0.25) is 5.91 Å². The molecule has 1 aromatic rings. The molecular weight excluding hydrogens is 348 g/mol. The van der Waals surface area contributed by atoms with Gasteiger partial charge in [-0.15, -0.1) is 0 Å². The van der Waals surface area contributed by atoms with Crippen LogP contribution in [0.1, 0.15) is 19.4 Å². The van der Waals surface area contributed by atoms with Gasteiger partial charge in [-0.1, -0.05) is 6.07 Å². The predicted molar refractivity (Wildman–Crippen MR) is 92.6 cm³/mol. The molecule has 0 atom stereocenters. The molecule has 2 N–H and O–H groups in total. The van der Waals surface area contributed by atoms with E-state index in [0.717, 1.165) is 11.8 Å². The summed E-state index contributed by atoms with van der Waals surface area (Å²) in [5.41, 5.74) is 0.654. The van der Waals surface area contributed by atoms with Crippen molar-refractivity contribution in [3.63, 3.8) is 0 Å². The molecule has 2 rings (SSSR count). The first kappa shape index (κ1) is 18.5. The van der Waals surface area contributed by atoms with Gasteiger partial charge in [-0.25, -0.2) is 4.79 Å². The van der Waals surface area contributed by atoms with E-state index in [1.807, 2.05) is 0 Å². The maximum atomic E-state index is 11.9. The van der Waals surface area contributed by atoms with Gasteiger partial charge in [0, 0.05) is 6.92 Å². The lowest BCUT2D eigenvalue weighted by Gasteiger charge is -2.11. The van der Waals surface area contributed by atoms with Crippen LogP contribution < -0.4 is 14.8 Å². The summed E-state index contributed by atoms with van der Waals surface area (Å²) in [6.45, 7) is 3.01. The van der Waals surface area contributed by atoms with E-state index in [2.05, 4.69) is 10.3 Å². The summed E-state index contributed by atoms with van der Waals surface area (Å²) in [5.74, 6) is -1.18. The van der Waals surface area contributed by atoms with Crippen molar-refractivity contribution in [2.24, 2.45) is 4.99 Å². The fraction of sp³-hybridized carbons (Fsp3) is 0.250. The number of rotatable bonds is 6. The van der Waals surface area contributed by atoms with Crippen molar-refractivity contribution in [3.05, 3.63) is 28.7 Å². The van der Waals surface area contributed by atoms with Crippen LogP contribution in [0.25, 0.3) is 6.08 Å². The monoisotopic (exact) mass is 364 g/mol. The molecule has 25 heavy (non-hydrogen) atoms. The molecule has 8 nitrogen and oxygen atoms in total. The van der Waals surface area contributed by atoms with Crippen molar-refractivity contribution >= 4 is 40.8 Å². The minimum atomic E-state index is -1.09. The normalized spacial score (nSPS) is 15.0. The first-order valence-corrected chi connectivity index (χ1v) is 8.12. The van der Waals surface area contributed by atoms with Crippen molar-refractivity contribution in [3.8, 4) is 11.5 Å². The van der Waals surface area contributed by atoms with Crippen molar-refractivity contribution in [1.82, 2.24) is 5.32 Å². The Labute approximate surface area is 147 Å². The van der Waals surface area contributed by atoms with E-state index < -0.39 is 18.5 Å². The van der Waals surface area contributed by atoms with E-state index in [9.17, 15) is 14.4 Å². The van der Waals surface area contributed by atoms with Crippen LogP contribution in [0.15, 0.2) is 28.1 Å². The van der Waals surface area contributed by atoms with E-state index >= 15 is 0 Å². The molecule has 0 bridgehead atoms. The lowest BCUT2D eigenvalue weighted by Crippen LogP contribution is -2.23. The second-order valence-corrected chi connectivity index (χ2v) is 5.87. The molecule has 0 spiro atoms. The minimum Gasteiger partial charge on any atom is -0.490 e. The third kappa shape index (κ3) is 5.35. The number of carboxylic acid groups (broad SMARTS) is 1. The maximum Gasteiger partial charge on any atom is 0.341 e. The van der Waals surface area contributed by atoms with Crippen LogP contribution >= 0.6 is 11.8 Å². The summed E-state index contributed by atoms with van der Waals surface area (Å²) in [7, 11) is 0. The van der Waals surface area contributed by atoms with Crippen molar-refractivity contribution in [2.75, 3.05) is 13.2 Å². The third-order valence-electron chi connectivity index (χ3n) is 2.82. The zero-order chi connectivity index (χ0) is 18.4. The van der Waals surface area contributed by atoms with Crippen LogP contribution in [0.3, 0.4) is 0 Å². The van der Waals surface area contributed by atoms with Crippen LogP contribution in [0.2, 0.25) is 0 Å². The highest BCUT2D eigenvalue weighted by molar-refractivity contribution is 8.18. The van der Waals surface area contributed by atoms with Crippen LogP contribution in [0, 0.1) is 0 Å². The molecule has 1 aromatic carbocycles.